The van der Waals surface area contributed by atoms with E-state index in [0.29, 0.717) is 33.5 Å². The van der Waals surface area contributed by atoms with Crippen LogP contribution in [0.15, 0.2) is 46.7 Å². The molecule has 2 heterocycles. The molecule has 0 radical (unpaired) electrons. The minimum atomic E-state index is -2.45. The van der Waals surface area contributed by atoms with Crippen molar-refractivity contribution in [1.29, 1.82) is 0 Å². The van der Waals surface area contributed by atoms with Gasteiger partial charge in [-0.15, -0.1) is 0 Å². The Hall–Kier alpha value is -2.28. The van der Waals surface area contributed by atoms with E-state index in [0.717, 1.165) is 25.2 Å². The maximum atomic E-state index is 13.0. The van der Waals surface area contributed by atoms with Crippen LogP contribution in [-0.2, 0) is 9.52 Å². The standard InChI is InChI=1S/C23H25ClN2O3S/c1-30(28)14-9-17-5-7-19(16-22(17)30)25-23(27)20-15-18(24)6-8-21(20)29-13-12-26-10-3-2-4-11-26/h5-9,14-16H,1-4,10-13H2,(H,25,27). The van der Waals surface area contributed by atoms with Crippen LogP contribution in [0, 0.1) is 0 Å². The van der Waals surface area contributed by atoms with Gasteiger partial charge in [0.2, 0.25) is 0 Å². The highest BCUT2D eigenvalue weighted by Crippen LogP contribution is 2.30. The van der Waals surface area contributed by atoms with Crippen molar-refractivity contribution in [3.63, 3.8) is 0 Å². The lowest BCUT2D eigenvalue weighted by atomic mass is 10.1. The molecule has 0 saturated carbocycles. The minimum absolute atomic E-state index is 0.327. The number of nitrogens with one attached hydrogen (secondary N) is 1. The number of piperidine rings is 1. The van der Waals surface area contributed by atoms with Gasteiger partial charge in [0.15, 0.2) is 0 Å². The first-order valence-electron chi connectivity index (χ1n) is 10.1. The maximum Gasteiger partial charge on any atom is 0.259 e. The Morgan fingerprint density at radius 3 is 2.77 bits per heavy atom. The molecule has 1 amide bonds. The Morgan fingerprint density at radius 2 is 1.97 bits per heavy atom. The smallest absolute Gasteiger partial charge is 0.259 e. The third kappa shape index (κ3) is 4.72. The molecule has 2 aliphatic rings. The molecule has 1 unspecified atom stereocenters. The Labute approximate surface area is 182 Å². The van der Waals surface area contributed by atoms with Gasteiger partial charge in [0.1, 0.15) is 12.4 Å². The number of likely N-dealkylation sites (tertiary alicyclic amines) is 1. The number of fused-ring (bicyclic) bond motifs is 1. The van der Waals surface area contributed by atoms with Crippen molar-refractivity contribution < 1.29 is 13.7 Å². The van der Waals surface area contributed by atoms with Crippen molar-refractivity contribution in [3.8, 4) is 5.75 Å². The van der Waals surface area contributed by atoms with Gasteiger partial charge in [0.05, 0.1) is 5.56 Å². The Morgan fingerprint density at radius 1 is 1.17 bits per heavy atom. The fourth-order valence-electron chi connectivity index (χ4n) is 3.78. The van der Waals surface area contributed by atoms with E-state index in [1.807, 2.05) is 6.07 Å². The second-order valence-electron chi connectivity index (χ2n) is 7.63. The minimum Gasteiger partial charge on any atom is -0.491 e. The van der Waals surface area contributed by atoms with E-state index in [1.54, 1.807) is 41.8 Å². The highest BCUT2D eigenvalue weighted by molar-refractivity contribution is 8.03. The fourth-order valence-corrected chi connectivity index (χ4v) is 5.32. The summed E-state index contributed by atoms with van der Waals surface area (Å²) in [7, 11) is -2.45. The Kier molecular flexibility index (Phi) is 6.18. The van der Waals surface area contributed by atoms with Crippen molar-refractivity contribution >= 4 is 44.7 Å². The molecule has 0 spiro atoms. The molecule has 158 valence electrons. The van der Waals surface area contributed by atoms with Crippen molar-refractivity contribution in [2.75, 3.05) is 31.6 Å². The number of rotatable bonds is 6. The van der Waals surface area contributed by atoms with Crippen LogP contribution in [0.2, 0.25) is 5.02 Å². The van der Waals surface area contributed by atoms with Gasteiger partial charge < -0.3 is 10.1 Å². The molecule has 1 atom stereocenters. The van der Waals surface area contributed by atoms with E-state index in [4.69, 9.17) is 16.3 Å². The Balaban J connectivity index is 1.46. The molecule has 4 rings (SSSR count). The third-order valence-corrected chi connectivity index (χ3v) is 7.32. The van der Waals surface area contributed by atoms with Crippen LogP contribution in [-0.4, -0.2) is 47.1 Å². The fraction of sp³-hybridized carbons (Fsp3) is 0.304. The molecular weight excluding hydrogens is 420 g/mol. The molecule has 30 heavy (non-hydrogen) atoms. The SMILES string of the molecule is C=S1(=O)C=Cc2ccc(NC(=O)c3cc(Cl)ccc3OCCN3CCCCC3)cc21. The number of nitrogens with zero attached hydrogens (tertiary/aromatic N) is 1. The monoisotopic (exact) mass is 444 g/mol. The number of hydrogen-bond acceptors (Lipinski definition) is 4. The molecule has 1 saturated heterocycles. The normalized spacial score (nSPS) is 20.7. The average molecular weight is 445 g/mol. The lowest BCUT2D eigenvalue weighted by molar-refractivity contribution is 0.102. The average Bonchev–Trinajstić information content (AvgIpc) is 3.04. The van der Waals surface area contributed by atoms with Gasteiger partial charge in [0.25, 0.3) is 5.91 Å². The predicted octanol–water partition coefficient (Wildman–Crippen LogP) is 4.52. The highest BCUT2D eigenvalue weighted by Gasteiger charge is 2.19. The van der Waals surface area contributed by atoms with Gasteiger partial charge in [-0.2, -0.15) is 0 Å². The van der Waals surface area contributed by atoms with Crippen molar-refractivity contribution in [2.45, 2.75) is 24.2 Å². The zero-order valence-corrected chi connectivity index (χ0v) is 18.3. The summed E-state index contributed by atoms with van der Waals surface area (Å²) in [6, 6.07) is 10.4. The first-order valence-corrected chi connectivity index (χ1v) is 12.2. The molecule has 0 aromatic heterocycles. The number of carbonyl (C=O) groups is 1. The largest absolute Gasteiger partial charge is 0.491 e. The van der Waals surface area contributed by atoms with Crippen LogP contribution < -0.4 is 10.1 Å². The first kappa shape index (κ1) is 21.0. The molecular formula is C23H25ClN2O3S. The topological polar surface area (TPSA) is 58.6 Å². The van der Waals surface area contributed by atoms with Gasteiger partial charge >= 0.3 is 0 Å². The first-order chi connectivity index (χ1) is 14.4. The molecule has 2 aliphatic heterocycles. The number of halogens is 1. The molecule has 5 nitrogen and oxygen atoms in total. The number of anilines is 1. The van der Waals surface area contributed by atoms with Crippen molar-refractivity contribution in [3.05, 3.63) is 58.0 Å². The van der Waals surface area contributed by atoms with Crippen LogP contribution in [0.25, 0.3) is 6.08 Å². The summed E-state index contributed by atoms with van der Waals surface area (Å²) in [5.41, 5.74) is 1.78. The van der Waals surface area contributed by atoms with Crippen LogP contribution in [0.1, 0.15) is 35.2 Å². The summed E-state index contributed by atoms with van der Waals surface area (Å²) in [4.78, 5) is 16.0. The number of ether oxygens (including phenoxy) is 1. The predicted molar refractivity (Wildman–Crippen MR) is 124 cm³/mol. The quantitative estimate of drug-likeness (QED) is 0.665. The lowest BCUT2D eigenvalue weighted by Gasteiger charge is -2.26. The summed E-state index contributed by atoms with van der Waals surface area (Å²) in [6.07, 6.45) is 5.54. The number of carbonyl (C=O) groups excluding carboxylic acids is 1. The lowest BCUT2D eigenvalue weighted by Crippen LogP contribution is -2.33. The second-order valence-corrected chi connectivity index (χ2v) is 10.2. The molecule has 7 heteroatoms. The number of benzene rings is 2. The summed E-state index contributed by atoms with van der Waals surface area (Å²) >= 11 is 6.14. The van der Waals surface area contributed by atoms with Crippen LogP contribution >= 0.6 is 11.6 Å². The van der Waals surface area contributed by atoms with E-state index in [9.17, 15) is 9.00 Å². The zero-order valence-electron chi connectivity index (χ0n) is 16.7. The molecule has 1 fully saturated rings. The van der Waals surface area contributed by atoms with Gasteiger partial charge in [-0.25, -0.2) is 0 Å². The summed E-state index contributed by atoms with van der Waals surface area (Å²) in [6.45, 7) is 3.54. The zero-order chi connectivity index (χ0) is 21.1. The van der Waals surface area contributed by atoms with Crippen molar-refractivity contribution in [1.82, 2.24) is 4.90 Å². The Bertz CT molecular complexity index is 1090. The second kappa shape index (κ2) is 8.84. The summed E-state index contributed by atoms with van der Waals surface area (Å²) in [5, 5.41) is 4.93. The van der Waals surface area contributed by atoms with E-state index in [-0.39, 0.29) is 5.91 Å². The highest BCUT2D eigenvalue weighted by atomic mass is 35.5. The van der Waals surface area contributed by atoms with E-state index in [1.165, 1.54) is 19.3 Å². The van der Waals surface area contributed by atoms with E-state index >= 15 is 0 Å². The summed E-state index contributed by atoms with van der Waals surface area (Å²) in [5.74, 6) is 3.94. The molecule has 2 aromatic carbocycles. The van der Waals surface area contributed by atoms with Gasteiger partial charge in [0, 0.05) is 31.7 Å². The maximum absolute atomic E-state index is 13.0. The van der Waals surface area contributed by atoms with Gasteiger partial charge in [-0.05, 0) is 79.2 Å². The molecule has 2 aromatic rings. The molecule has 1 N–H and O–H groups in total. The molecule has 0 aliphatic carbocycles. The summed E-state index contributed by atoms with van der Waals surface area (Å²) < 4.78 is 18.4. The van der Waals surface area contributed by atoms with Crippen LogP contribution in [0.3, 0.4) is 0 Å². The van der Waals surface area contributed by atoms with Gasteiger partial charge in [-0.1, -0.05) is 24.1 Å². The van der Waals surface area contributed by atoms with E-state index < -0.39 is 9.52 Å². The molecule has 0 bridgehead atoms. The van der Waals surface area contributed by atoms with E-state index in [2.05, 4.69) is 16.1 Å². The van der Waals surface area contributed by atoms with Crippen LogP contribution in [0.5, 0.6) is 5.75 Å². The van der Waals surface area contributed by atoms with Crippen molar-refractivity contribution in [2.24, 2.45) is 0 Å². The number of hydrogen-bond donors (Lipinski definition) is 1. The third-order valence-electron chi connectivity index (χ3n) is 5.41. The van der Waals surface area contributed by atoms with Crippen LogP contribution in [0.4, 0.5) is 5.69 Å². The number of amides is 1. The van der Waals surface area contributed by atoms with Gasteiger partial charge in [-0.3, -0.25) is 13.9 Å².